The van der Waals surface area contributed by atoms with E-state index >= 15 is 0 Å². The van der Waals surface area contributed by atoms with Gasteiger partial charge in [-0.2, -0.15) is 5.10 Å². The maximum absolute atomic E-state index is 14.2. The van der Waals surface area contributed by atoms with Crippen molar-refractivity contribution in [1.29, 1.82) is 0 Å². The van der Waals surface area contributed by atoms with Crippen LogP contribution in [0, 0.1) is 5.82 Å². The zero-order chi connectivity index (χ0) is 18.8. The van der Waals surface area contributed by atoms with Crippen LogP contribution in [0.1, 0.15) is 22.5 Å². The van der Waals surface area contributed by atoms with Crippen molar-refractivity contribution in [2.75, 3.05) is 13.9 Å². The number of rotatable bonds is 6. The first kappa shape index (κ1) is 17.1. The summed E-state index contributed by atoms with van der Waals surface area (Å²) in [6.07, 6.45) is 0.768. The monoisotopic (exact) mass is 368 g/mol. The van der Waals surface area contributed by atoms with Crippen LogP contribution >= 0.6 is 0 Å². The van der Waals surface area contributed by atoms with E-state index in [1.54, 1.807) is 36.4 Å². The van der Waals surface area contributed by atoms with Crippen molar-refractivity contribution in [3.8, 4) is 28.5 Å². The van der Waals surface area contributed by atoms with Gasteiger partial charge in [-0.15, -0.1) is 0 Å². The summed E-state index contributed by atoms with van der Waals surface area (Å²) in [4.78, 5) is 12.4. The Morgan fingerprint density at radius 3 is 2.85 bits per heavy atom. The van der Waals surface area contributed by atoms with Gasteiger partial charge < -0.3 is 14.2 Å². The van der Waals surface area contributed by atoms with Gasteiger partial charge in [0.05, 0.1) is 12.8 Å². The molecule has 2 aromatic carbocycles. The normalized spacial score (nSPS) is 12.2. The fraction of sp³-hybridized carbons (Fsp3) is 0.200. The number of carbonyl (C=O) groups excluding carboxylic acids is 1. The number of aromatic amines is 1. The predicted octanol–water partition coefficient (Wildman–Crippen LogP) is 3.77. The second-order valence-corrected chi connectivity index (χ2v) is 6.12. The zero-order valence-corrected chi connectivity index (χ0v) is 14.6. The number of hydrogen-bond donors (Lipinski definition) is 1. The lowest BCUT2D eigenvalue weighted by Crippen LogP contribution is -2.01. The minimum atomic E-state index is -0.413. The van der Waals surface area contributed by atoms with Gasteiger partial charge in [0.2, 0.25) is 6.79 Å². The number of carbonyl (C=O) groups is 1. The number of nitrogens with one attached hydrogen (secondary N) is 1. The van der Waals surface area contributed by atoms with Crippen LogP contribution in [0.15, 0.2) is 42.5 Å². The number of fused-ring (bicyclic) bond motifs is 1. The second-order valence-electron chi connectivity index (χ2n) is 6.12. The topological polar surface area (TPSA) is 73.4 Å². The highest BCUT2D eigenvalue weighted by Crippen LogP contribution is 2.33. The average Bonchev–Trinajstić information content (AvgIpc) is 3.34. The molecule has 1 aliphatic heterocycles. The zero-order valence-electron chi connectivity index (χ0n) is 14.6. The van der Waals surface area contributed by atoms with Gasteiger partial charge in [0, 0.05) is 29.3 Å². The fourth-order valence-electron chi connectivity index (χ4n) is 2.92. The molecule has 0 spiro atoms. The molecular weight excluding hydrogens is 351 g/mol. The first-order valence-corrected chi connectivity index (χ1v) is 8.45. The number of hydrogen-bond acceptors (Lipinski definition) is 5. The number of nitrogens with zero attached hydrogens (tertiary/aromatic N) is 1. The fourth-order valence-corrected chi connectivity index (χ4v) is 2.92. The van der Waals surface area contributed by atoms with Crippen LogP contribution in [0.2, 0.25) is 0 Å². The summed E-state index contributed by atoms with van der Waals surface area (Å²) in [7, 11) is 1.48. The van der Waals surface area contributed by atoms with Crippen LogP contribution in [0.3, 0.4) is 0 Å². The van der Waals surface area contributed by atoms with Crippen LogP contribution < -0.4 is 14.2 Å². The van der Waals surface area contributed by atoms with Crippen molar-refractivity contribution in [2.24, 2.45) is 0 Å². The molecular formula is C20H17FN2O4. The maximum Gasteiger partial charge on any atom is 0.231 e. The Hall–Kier alpha value is -3.35. The van der Waals surface area contributed by atoms with E-state index in [9.17, 15) is 9.18 Å². The Morgan fingerprint density at radius 2 is 2.04 bits per heavy atom. The van der Waals surface area contributed by atoms with Crippen LogP contribution in [0.5, 0.6) is 17.2 Å². The van der Waals surface area contributed by atoms with E-state index in [1.807, 2.05) is 0 Å². The van der Waals surface area contributed by atoms with Gasteiger partial charge in [-0.25, -0.2) is 4.39 Å². The maximum atomic E-state index is 14.2. The van der Waals surface area contributed by atoms with Gasteiger partial charge in [0.15, 0.2) is 17.3 Å². The highest BCUT2D eigenvalue weighted by Gasteiger charge is 2.17. The number of halogens is 1. The number of H-pyrrole nitrogens is 1. The molecule has 4 rings (SSSR count). The van der Waals surface area contributed by atoms with Gasteiger partial charge in [-0.05, 0) is 42.8 Å². The van der Waals surface area contributed by atoms with E-state index in [0.717, 1.165) is 5.69 Å². The third-order valence-electron chi connectivity index (χ3n) is 4.40. The van der Waals surface area contributed by atoms with Crippen molar-refractivity contribution in [3.63, 3.8) is 0 Å². The van der Waals surface area contributed by atoms with E-state index in [1.165, 1.54) is 13.2 Å². The Morgan fingerprint density at radius 1 is 1.19 bits per heavy atom. The molecule has 27 heavy (non-hydrogen) atoms. The van der Waals surface area contributed by atoms with Crippen molar-refractivity contribution < 1.29 is 23.4 Å². The van der Waals surface area contributed by atoms with Gasteiger partial charge in [0.1, 0.15) is 11.6 Å². The Bertz CT molecular complexity index is 999. The number of ether oxygens (including phenoxy) is 3. The SMILES string of the molecule is COc1ccc(-c2cc(CCC(=O)c3ccc4c(c3)OCO4)[nH]n2)c(F)c1. The highest BCUT2D eigenvalue weighted by atomic mass is 19.1. The summed E-state index contributed by atoms with van der Waals surface area (Å²) in [6.45, 7) is 0.172. The van der Waals surface area contributed by atoms with Crippen molar-refractivity contribution >= 4 is 5.78 Å². The molecule has 1 N–H and O–H groups in total. The predicted molar refractivity (Wildman–Crippen MR) is 95.8 cm³/mol. The molecule has 6 nitrogen and oxygen atoms in total. The van der Waals surface area contributed by atoms with E-state index in [4.69, 9.17) is 14.2 Å². The Balaban J connectivity index is 1.43. The van der Waals surface area contributed by atoms with E-state index in [0.29, 0.717) is 46.9 Å². The molecule has 138 valence electrons. The van der Waals surface area contributed by atoms with Crippen LogP contribution in [-0.4, -0.2) is 29.9 Å². The van der Waals surface area contributed by atoms with Gasteiger partial charge in [0.25, 0.3) is 0 Å². The molecule has 0 saturated heterocycles. The number of aryl methyl sites for hydroxylation is 1. The molecule has 0 fully saturated rings. The molecule has 0 unspecified atom stereocenters. The average molecular weight is 368 g/mol. The molecule has 3 aromatic rings. The number of ketones is 1. The van der Waals surface area contributed by atoms with E-state index in [2.05, 4.69) is 10.2 Å². The molecule has 1 aromatic heterocycles. The number of benzene rings is 2. The summed E-state index contributed by atoms with van der Waals surface area (Å²) in [5, 5.41) is 7.01. The lowest BCUT2D eigenvalue weighted by atomic mass is 10.0. The third-order valence-corrected chi connectivity index (χ3v) is 4.40. The van der Waals surface area contributed by atoms with Crippen molar-refractivity contribution in [2.45, 2.75) is 12.8 Å². The summed E-state index contributed by atoms with van der Waals surface area (Å²) < 4.78 is 29.7. The lowest BCUT2D eigenvalue weighted by molar-refractivity contribution is 0.0982. The standard InChI is InChI=1S/C20H17FN2O4/c1-25-14-4-5-15(16(21)10-14)17-9-13(22-23-17)3-6-18(24)12-2-7-19-20(8-12)27-11-26-19/h2,4-5,7-10H,3,6,11H2,1H3,(H,22,23). The molecule has 0 bridgehead atoms. The highest BCUT2D eigenvalue weighted by molar-refractivity contribution is 5.96. The summed E-state index contributed by atoms with van der Waals surface area (Å²) in [5.41, 5.74) is 2.19. The van der Waals surface area contributed by atoms with E-state index in [-0.39, 0.29) is 12.6 Å². The molecule has 0 atom stereocenters. The smallest absolute Gasteiger partial charge is 0.231 e. The number of aromatic nitrogens is 2. The Labute approximate surface area is 154 Å². The van der Waals surface area contributed by atoms with Crippen molar-refractivity contribution in [1.82, 2.24) is 10.2 Å². The van der Waals surface area contributed by atoms with Crippen molar-refractivity contribution in [3.05, 3.63) is 59.5 Å². The minimum absolute atomic E-state index is 0.0138. The first-order valence-electron chi connectivity index (χ1n) is 8.45. The van der Waals surface area contributed by atoms with Gasteiger partial charge in [-0.3, -0.25) is 9.89 Å². The number of Topliss-reactive ketones (excluding diaryl/α,β-unsaturated/α-hetero) is 1. The van der Waals surface area contributed by atoms with Gasteiger partial charge >= 0.3 is 0 Å². The van der Waals surface area contributed by atoms with Crippen LogP contribution in [0.25, 0.3) is 11.3 Å². The molecule has 2 heterocycles. The molecule has 7 heteroatoms. The number of methoxy groups -OCH3 is 1. The second kappa shape index (κ2) is 7.11. The van der Waals surface area contributed by atoms with Gasteiger partial charge in [-0.1, -0.05) is 0 Å². The minimum Gasteiger partial charge on any atom is -0.497 e. The largest absolute Gasteiger partial charge is 0.497 e. The molecule has 1 aliphatic rings. The molecule has 0 radical (unpaired) electrons. The molecule has 0 aliphatic carbocycles. The molecule has 0 amide bonds. The Kier molecular flexibility index (Phi) is 4.50. The van der Waals surface area contributed by atoms with E-state index < -0.39 is 5.82 Å². The quantitative estimate of drug-likeness (QED) is 0.671. The first-order chi connectivity index (χ1) is 13.1. The van der Waals surface area contributed by atoms with Crippen LogP contribution in [-0.2, 0) is 6.42 Å². The summed E-state index contributed by atoms with van der Waals surface area (Å²) in [5.74, 6) is 1.25. The summed E-state index contributed by atoms with van der Waals surface area (Å²) in [6, 6.07) is 11.5. The summed E-state index contributed by atoms with van der Waals surface area (Å²) >= 11 is 0. The van der Waals surface area contributed by atoms with Crippen LogP contribution in [0.4, 0.5) is 4.39 Å². The third kappa shape index (κ3) is 3.48. The molecule has 0 saturated carbocycles. The lowest BCUT2D eigenvalue weighted by Gasteiger charge is -2.03.